The minimum atomic E-state index is -3.21. The Balaban J connectivity index is 1.56. The molecule has 3 heterocycles. The van der Waals surface area contributed by atoms with Gasteiger partial charge in [-0.25, -0.2) is 13.4 Å². The Hall–Kier alpha value is -2.23. The van der Waals surface area contributed by atoms with Gasteiger partial charge in [-0.3, -0.25) is 0 Å². The molecule has 7 nitrogen and oxygen atoms in total. The normalized spacial score (nSPS) is 16.1. The summed E-state index contributed by atoms with van der Waals surface area (Å²) in [5.74, 6) is 1.56. The SMILES string of the molecule is CN1CCN(c2nc(Nc3ccc(CS(=O)(=O)C(C)(C)C)cc3)c3ccsc3n2)CC1. The molecule has 1 aliphatic heterocycles. The standard InChI is InChI=1S/C22H29N5O2S2/c1-22(2,3)31(28,29)15-16-5-7-17(8-6-16)23-19-18-9-14-30-20(18)25-21(24-19)27-12-10-26(4)11-13-27/h5-9,14H,10-13,15H2,1-4H3,(H,23,24,25). The molecule has 1 aromatic carbocycles. The molecule has 0 radical (unpaired) electrons. The molecule has 1 aliphatic rings. The number of benzene rings is 1. The Morgan fingerprint density at radius 1 is 1.03 bits per heavy atom. The van der Waals surface area contributed by atoms with Gasteiger partial charge in [0.25, 0.3) is 0 Å². The molecule has 166 valence electrons. The molecule has 2 aromatic heterocycles. The van der Waals surface area contributed by atoms with E-state index in [2.05, 4.69) is 22.2 Å². The molecule has 1 saturated heterocycles. The second kappa shape index (κ2) is 8.37. The van der Waals surface area contributed by atoms with Crippen LogP contribution in [0.1, 0.15) is 26.3 Å². The van der Waals surface area contributed by atoms with Gasteiger partial charge < -0.3 is 15.1 Å². The van der Waals surface area contributed by atoms with E-state index < -0.39 is 14.6 Å². The number of piperazine rings is 1. The lowest BCUT2D eigenvalue weighted by atomic mass is 10.2. The largest absolute Gasteiger partial charge is 0.340 e. The van der Waals surface area contributed by atoms with Crippen molar-refractivity contribution in [2.45, 2.75) is 31.3 Å². The lowest BCUT2D eigenvalue weighted by molar-refractivity contribution is 0.311. The molecular formula is C22H29N5O2S2. The Kier molecular flexibility index (Phi) is 5.93. The summed E-state index contributed by atoms with van der Waals surface area (Å²) in [5.41, 5.74) is 1.65. The Morgan fingerprint density at radius 3 is 2.35 bits per heavy atom. The third-order valence-electron chi connectivity index (χ3n) is 5.61. The van der Waals surface area contributed by atoms with Gasteiger partial charge in [0.2, 0.25) is 5.95 Å². The molecule has 0 unspecified atom stereocenters. The van der Waals surface area contributed by atoms with E-state index in [-0.39, 0.29) is 5.75 Å². The number of rotatable bonds is 5. The van der Waals surface area contributed by atoms with Crippen molar-refractivity contribution < 1.29 is 8.42 Å². The van der Waals surface area contributed by atoms with Crippen molar-refractivity contribution in [1.82, 2.24) is 14.9 Å². The molecule has 0 aliphatic carbocycles. The van der Waals surface area contributed by atoms with E-state index in [1.165, 1.54) is 0 Å². The molecule has 9 heteroatoms. The molecule has 31 heavy (non-hydrogen) atoms. The van der Waals surface area contributed by atoms with Crippen LogP contribution in [-0.2, 0) is 15.6 Å². The van der Waals surface area contributed by atoms with Gasteiger partial charge in [-0.2, -0.15) is 4.98 Å². The molecule has 0 amide bonds. The van der Waals surface area contributed by atoms with Gasteiger partial charge in [0.15, 0.2) is 9.84 Å². The highest BCUT2D eigenvalue weighted by Crippen LogP contribution is 2.30. The van der Waals surface area contributed by atoms with E-state index in [0.717, 1.165) is 59.4 Å². The molecule has 0 bridgehead atoms. The number of fused-ring (bicyclic) bond motifs is 1. The third-order valence-corrected chi connectivity index (χ3v) is 8.99. The summed E-state index contributed by atoms with van der Waals surface area (Å²) < 4.78 is 24.2. The average Bonchev–Trinajstić information content (AvgIpc) is 3.18. The summed E-state index contributed by atoms with van der Waals surface area (Å²) in [6.07, 6.45) is 0. The molecule has 1 N–H and O–H groups in total. The van der Waals surface area contributed by atoms with Crippen LogP contribution >= 0.6 is 11.3 Å². The molecule has 0 spiro atoms. The van der Waals surface area contributed by atoms with Gasteiger partial charge in [-0.15, -0.1) is 11.3 Å². The lowest BCUT2D eigenvalue weighted by Gasteiger charge is -2.32. The van der Waals surface area contributed by atoms with E-state index in [9.17, 15) is 8.42 Å². The van der Waals surface area contributed by atoms with E-state index in [1.807, 2.05) is 35.7 Å². The molecule has 1 fully saturated rings. The summed E-state index contributed by atoms with van der Waals surface area (Å²) in [6.45, 7) is 9.00. The summed E-state index contributed by atoms with van der Waals surface area (Å²) in [7, 11) is -1.09. The minimum Gasteiger partial charge on any atom is -0.340 e. The van der Waals surface area contributed by atoms with Crippen LogP contribution in [0.15, 0.2) is 35.7 Å². The Bertz CT molecular complexity index is 1160. The maximum atomic E-state index is 12.5. The minimum absolute atomic E-state index is 0.0343. The zero-order valence-electron chi connectivity index (χ0n) is 18.4. The molecule has 3 aromatic rings. The zero-order chi connectivity index (χ0) is 22.2. The maximum absolute atomic E-state index is 12.5. The molecular weight excluding hydrogens is 430 g/mol. The lowest BCUT2D eigenvalue weighted by Crippen LogP contribution is -2.45. The van der Waals surface area contributed by atoms with Crippen LogP contribution in [0.5, 0.6) is 0 Å². The highest BCUT2D eigenvalue weighted by atomic mass is 32.2. The fourth-order valence-electron chi connectivity index (χ4n) is 3.34. The van der Waals surface area contributed by atoms with E-state index >= 15 is 0 Å². The molecule has 0 atom stereocenters. The zero-order valence-corrected chi connectivity index (χ0v) is 20.1. The quantitative estimate of drug-likeness (QED) is 0.620. The maximum Gasteiger partial charge on any atom is 0.228 e. The van der Waals surface area contributed by atoms with Crippen molar-refractivity contribution in [3.8, 4) is 0 Å². The van der Waals surface area contributed by atoms with Crippen LogP contribution in [0.25, 0.3) is 10.2 Å². The second-order valence-corrected chi connectivity index (χ2v) is 12.6. The van der Waals surface area contributed by atoms with Crippen LogP contribution in [-0.4, -0.2) is 61.3 Å². The van der Waals surface area contributed by atoms with Crippen molar-refractivity contribution in [2.24, 2.45) is 0 Å². The number of nitrogens with one attached hydrogen (secondary N) is 1. The van der Waals surface area contributed by atoms with Crippen molar-refractivity contribution in [3.05, 3.63) is 41.3 Å². The molecule has 4 rings (SSSR count). The topological polar surface area (TPSA) is 78.4 Å². The summed E-state index contributed by atoms with van der Waals surface area (Å²) >= 11 is 1.61. The Morgan fingerprint density at radius 2 is 1.71 bits per heavy atom. The first-order chi connectivity index (χ1) is 14.6. The summed E-state index contributed by atoms with van der Waals surface area (Å²) in [4.78, 5) is 15.1. The van der Waals surface area contributed by atoms with Gasteiger partial charge in [-0.1, -0.05) is 12.1 Å². The van der Waals surface area contributed by atoms with Crippen LogP contribution in [0, 0.1) is 0 Å². The van der Waals surface area contributed by atoms with E-state index in [0.29, 0.717) is 0 Å². The van der Waals surface area contributed by atoms with Crippen molar-refractivity contribution in [3.63, 3.8) is 0 Å². The van der Waals surface area contributed by atoms with Crippen LogP contribution in [0.2, 0.25) is 0 Å². The van der Waals surface area contributed by atoms with Gasteiger partial charge in [0.05, 0.1) is 15.9 Å². The number of thiophene rings is 1. The van der Waals surface area contributed by atoms with Crippen LogP contribution < -0.4 is 10.2 Å². The third kappa shape index (κ3) is 4.83. The number of nitrogens with zero attached hydrogens (tertiary/aromatic N) is 4. The summed E-state index contributed by atoms with van der Waals surface area (Å²) in [5, 5.41) is 6.43. The van der Waals surface area contributed by atoms with Gasteiger partial charge in [0.1, 0.15) is 10.6 Å². The summed E-state index contributed by atoms with van der Waals surface area (Å²) in [6, 6.07) is 9.56. The smallest absolute Gasteiger partial charge is 0.228 e. The Labute approximate surface area is 188 Å². The number of hydrogen-bond acceptors (Lipinski definition) is 8. The predicted molar refractivity (Wildman–Crippen MR) is 129 cm³/mol. The average molecular weight is 460 g/mol. The first-order valence-corrected chi connectivity index (χ1v) is 12.9. The number of anilines is 3. The van der Waals surface area contributed by atoms with E-state index in [1.54, 1.807) is 32.1 Å². The number of sulfone groups is 1. The van der Waals surface area contributed by atoms with Gasteiger partial charge >= 0.3 is 0 Å². The van der Waals surface area contributed by atoms with Crippen LogP contribution in [0.3, 0.4) is 0 Å². The van der Waals surface area contributed by atoms with Crippen molar-refractivity contribution in [1.29, 1.82) is 0 Å². The van der Waals surface area contributed by atoms with Gasteiger partial charge in [-0.05, 0) is 57.0 Å². The fraction of sp³-hybridized carbons (Fsp3) is 0.455. The number of hydrogen-bond donors (Lipinski definition) is 1. The fourth-order valence-corrected chi connectivity index (χ4v) is 5.17. The van der Waals surface area contributed by atoms with E-state index in [4.69, 9.17) is 9.97 Å². The number of likely N-dealkylation sites (N-methyl/N-ethyl adjacent to an activating group) is 1. The monoisotopic (exact) mass is 459 g/mol. The first-order valence-electron chi connectivity index (χ1n) is 10.4. The predicted octanol–water partition coefficient (Wildman–Crippen LogP) is 3.90. The van der Waals surface area contributed by atoms with Crippen molar-refractivity contribution >= 4 is 48.8 Å². The first kappa shape index (κ1) is 22.0. The van der Waals surface area contributed by atoms with Crippen molar-refractivity contribution in [2.75, 3.05) is 43.4 Å². The highest BCUT2D eigenvalue weighted by Gasteiger charge is 2.29. The second-order valence-electron chi connectivity index (χ2n) is 9.00. The molecule has 0 saturated carbocycles. The number of aromatic nitrogens is 2. The highest BCUT2D eigenvalue weighted by molar-refractivity contribution is 7.91. The van der Waals surface area contributed by atoms with Gasteiger partial charge in [0, 0.05) is 31.9 Å². The van der Waals surface area contributed by atoms with Crippen LogP contribution in [0.4, 0.5) is 17.5 Å².